The van der Waals surface area contributed by atoms with E-state index in [2.05, 4.69) is 17.0 Å². The van der Waals surface area contributed by atoms with Crippen LogP contribution in [0.1, 0.15) is 16.7 Å². The molecule has 5 rings (SSSR count). The molecule has 0 aliphatic carbocycles. The molecule has 2 heterocycles. The molecular weight excluding hydrogens is 426 g/mol. The van der Waals surface area contributed by atoms with E-state index in [-0.39, 0.29) is 11.8 Å². The van der Waals surface area contributed by atoms with Crippen molar-refractivity contribution in [3.8, 4) is 5.75 Å². The molecule has 0 saturated carbocycles. The number of amides is 2. The summed E-state index contributed by atoms with van der Waals surface area (Å²) in [5.74, 6) is 0.108. The van der Waals surface area contributed by atoms with E-state index >= 15 is 0 Å². The number of carbonyl (C=O) groups is 2. The van der Waals surface area contributed by atoms with Gasteiger partial charge in [-0.15, -0.1) is 0 Å². The predicted octanol–water partition coefficient (Wildman–Crippen LogP) is 4.10. The van der Waals surface area contributed by atoms with Gasteiger partial charge in [0.05, 0.1) is 18.4 Å². The molecule has 3 aromatic carbocycles. The van der Waals surface area contributed by atoms with Gasteiger partial charge in [-0.05, 0) is 53.4 Å². The Morgan fingerprint density at radius 1 is 0.853 bits per heavy atom. The van der Waals surface area contributed by atoms with Crippen LogP contribution in [-0.4, -0.2) is 44.5 Å². The number of hydrogen-bond donors (Lipinski definition) is 0. The third-order valence-electron chi connectivity index (χ3n) is 6.49. The topological polar surface area (TPSA) is 53.1 Å². The van der Waals surface area contributed by atoms with Crippen LogP contribution >= 0.6 is 0 Å². The van der Waals surface area contributed by atoms with Crippen molar-refractivity contribution in [3.05, 3.63) is 95.2 Å². The zero-order chi connectivity index (χ0) is 23.8. The van der Waals surface area contributed by atoms with Crippen molar-refractivity contribution in [2.45, 2.75) is 13.0 Å². The van der Waals surface area contributed by atoms with Gasteiger partial charge < -0.3 is 14.5 Å². The van der Waals surface area contributed by atoms with Crippen LogP contribution in [0.5, 0.6) is 5.75 Å². The first-order valence-electron chi connectivity index (χ1n) is 11.3. The number of ether oxygens (including phenoxy) is 1. The number of methoxy groups -OCH3 is 1. The zero-order valence-electron chi connectivity index (χ0n) is 19.6. The second-order valence-electron chi connectivity index (χ2n) is 8.75. The van der Waals surface area contributed by atoms with Gasteiger partial charge in [-0.3, -0.25) is 9.59 Å². The lowest BCUT2D eigenvalue weighted by Gasteiger charge is -2.31. The molecule has 2 aliphatic rings. The maximum Gasteiger partial charge on any atom is 0.282 e. The van der Waals surface area contributed by atoms with E-state index in [0.717, 1.165) is 12.1 Å². The van der Waals surface area contributed by atoms with Gasteiger partial charge in [0, 0.05) is 32.9 Å². The second-order valence-corrected chi connectivity index (χ2v) is 8.75. The molecule has 2 amide bonds. The number of nitrogens with zero attached hydrogens (tertiary/aromatic N) is 3. The molecule has 34 heavy (non-hydrogen) atoms. The molecule has 3 aromatic rings. The largest absolute Gasteiger partial charge is 0.497 e. The second kappa shape index (κ2) is 8.71. The molecule has 0 atom stereocenters. The van der Waals surface area contributed by atoms with Crippen molar-refractivity contribution >= 4 is 28.8 Å². The Morgan fingerprint density at radius 2 is 1.59 bits per heavy atom. The number of hydrogen-bond acceptors (Lipinski definition) is 5. The van der Waals surface area contributed by atoms with Gasteiger partial charge in [0.15, 0.2) is 0 Å². The average Bonchev–Trinajstić information content (AvgIpc) is 3.13. The van der Waals surface area contributed by atoms with E-state index < -0.39 is 0 Å². The van der Waals surface area contributed by atoms with Crippen molar-refractivity contribution in [3.63, 3.8) is 0 Å². The van der Waals surface area contributed by atoms with Crippen molar-refractivity contribution in [1.29, 1.82) is 0 Å². The molecule has 6 nitrogen and oxygen atoms in total. The molecule has 0 bridgehead atoms. The maximum absolute atomic E-state index is 13.9. The van der Waals surface area contributed by atoms with Gasteiger partial charge in [0.25, 0.3) is 11.8 Å². The summed E-state index contributed by atoms with van der Waals surface area (Å²) in [5.41, 5.74) is 5.56. The first-order chi connectivity index (χ1) is 16.5. The molecular formula is C28H27N3O3. The first-order valence-corrected chi connectivity index (χ1v) is 11.3. The summed E-state index contributed by atoms with van der Waals surface area (Å²) >= 11 is 0. The van der Waals surface area contributed by atoms with Crippen LogP contribution in [0.3, 0.4) is 0 Å². The van der Waals surface area contributed by atoms with E-state index in [1.165, 1.54) is 16.0 Å². The number of anilines is 2. The fraction of sp³-hybridized carbons (Fsp3) is 0.214. The molecule has 0 saturated heterocycles. The molecule has 0 N–H and O–H groups in total. The highest BCUT2D eigenvalue weighted by Crippen LogP contribution is 2.38. The number of carbonyl (C=O) groups excluding carboxylic acids is 2. The Balaban J connectivity index is 1.61. The molecule has 172 valence electrons. The number of fused-ring (bicyclic) bond motifs is 1. The van der Waals surface area contributed by atoms with E-state index in [1.54, 1.807) is 7.11 Å². The van der Waals surface area contributed by atoms with Crippen LogP contribution in [0.4, 0.5) is 11.4 Å². The third-order valence-corrected chi connectivity index (χ3v) is 6.49. The van der Waals surface area contributed by atoms with Gasteiger partial charge in [0.1, 0.15) is 11.4 Å². The van der Waals surface area contributed by atoms with Gasteiger partial charge in [-0.2, -0.15) is 0 Å². The molecule has 0 unspecified atom stereocenters. The van der Waals surface area contributed by atoms with Gasteiger partial charge in [0.2, 0.25) is 0 Å². The highest BCUT2D eigenvalue weighted by Gasteiger charge is 2.43. The Bertz CT molecular complexity index is 1290. The summed E-state index contributed by atoms with van der Waals surface area (Å²) < 4.78 is 5.29. The lowest BCUT2D eigenvalue weighted by atomic mass is 9.98. The maximum atomic E-state index is 13.9. The standard InChI is InChI=1S/C28H27N3O3/c1-29(2)22-9-6-10-23(17-22)31-27(32)25(20-11-13-24(34-3)14-12-20)26(28(31)33)30-16-15-19-7-4-5-8-21(19)18-30/h4-14,17H,15-16,18H2,1-3H3. The minimum absolute atomic E-state index is 0.286. The van der Waals surface area contributed by atoms with Crippen molar-refractivity contribution in [1.82, 2.24) is 4.90 Å². The lowest BCUT2D eigenvalue weighted by Crippen LogP contribution is -2.37. The van der Waals surface area contributed by atoms with Crippen molar-refractivity contribution in [2.24, 2.45) is 0 Å². The van der Waals surface area contributed by atoms with Gasteiger partial charge in [-0.25, -0.2) is 4.90 Å². The van der Waals surface area contributed by atoms with Crippen LogP contribution in [0.2, 0.25) is 0 Å². The molecule has 2 aliphatic heterocycles. The van der Waals surface area contributed by atoms with Crippen LogP contribution in [-0.2, 0) is 22.6 Å². The van der Waals surface area contributed by atoms with Crippen LogP contribution in [0, 0.1) is 0 Å². The summed E-state index contributed by atoms with van der Waals surface area (Å²) in [6.07, 6.45) is 0.827. The van der Waals surface area contributed by atoms with Crippen LogP contribution in [0.15, 0.2) is 78.5 Å². The molecule has 0 fully saturated rings. The number of rotatable bonds is 5. The van der Waals surface area contributed by atoms with E-state index in [4.69, 9.17) is 4.74 Å². The number of imide groups is 1. The fourth-order valence-corrected chi connectivity index (χ4v) is 4.66. The Morgan fingerprint density at radius 3 is 2.29 bits per heavy atom. The molecule has 0 radical (unpaired) electrons. The average molecular weight is 454 g/mol. The molecule has 0 aromatic heterocycles. The first kappa shape index (κ1) is 21.8. The van der Waals surface area contributed by atoms with E-state index in [1.807, 2.05) is 79.7 Å². The molecule has 6 heteroatoms. The Hall–Kier alpha value is -4.06. The quantitative estimate of drug-likeness (QED) is 0.545. The van der Waals surface area contributed by atoms with Crippen molar-refractivity contribution < 1.29 is 14.3 Å². The SMILES string of the molecule is COc1ccc(C2=C(N3CCc4ccccc4C3)C(=O)N(c3cccc(N(C)C)c3)C2=O)cc1. The smallest absolute Gasteiger partial charge is 0.282 e. The van der Waals surface area contributed by atoms with E-state index in [0.29, 0.717) is 41.4 Å². The van der Waals surface area contributed by atoms with Crippen LogP contribution < -0.4 is 14.5 Å². The minimum Gasteiger partial charge on any atom is -0.497 e. The minimum atomic E-state index is -0.306. The van der Waals surface area contributed by atoms with E-state index in [9.17, 15) is 9.59 Å². The van der Waals surface area contributed by atoms with Gasteiger partial charge >= 0.3 is 0 Å². The lowest BCUT2D eigenvalue weighted by molar-refractivity contribution is -0.120. The zero-order valence-corrected chi connectivity index (χ0v) is 19.6. The summed E-state index contributed by atoms with van der Waals surface area (Å²) in [7, 11) is 5.48. The summed E-state index contributed by atoms with van der Waals surface area (Å²) in [5, 5.41) is 0. The monoisotopic (exact) mass is 453 g/mol. The van der Waals surface area contributed by atoms with Crippen molar-refractivity contribution in [2.75, 3.05) is 37.5 Å². The molecule has 0 spiro atoms. The van der Waals surface area contributed by atoms with Gasteiger partial charge in [-0.1, -0.05) is 42.5 Å². The van der Waals surface area contributed by atoms with Crippen LogP contribution in [0.25, 0.3) is 5.57 Å². The summed E-state index contributed by atoms with van der Waals surface area (Å²) in [4.78, 5) is 33.0. The highest BCUT2D eigenvalue weighted by atomic mass is 16.5. The Labute approximate surface area is 199 Å². The highest BCUT2D eigenvalue weighted by molar-refractivity contribution is 6.45. The number of benzene rings is 3. The Kier molecular flexibility index (Phi) is 5.57. The third kappa shape index (κ3) is 3.71. The summed E-state index contributed by atoms with van der Waals surface area (Å²) in [6.45, 7) is 1.27. The summed E-state index contributed by atoms with van der Waals surface area (Å²) in [6, 6.07) is 23.1. The predicted molar refractivity (Wildman–Crippen MR) is 134 cm³/mol. The fourth-order valence-electron chi connectivity index (χ4n) is 4.66. The normalized spacial score (nSPS) is 15.6.